The monoisotopic (exact) mass is 247 g/mol. The van der Waals surface area contributed by atoms with Crippen LogP contribution in [-0.4, -0.2) is 34.3 Å². The van der Waals surface area contributed by atoms with Crippen molar-refractivity contribution in [3.8, 4) is 0 Å². The van der Waals surface area contributed by atoms with Gasteiger partial charge in [0, 0.05) is 5.75 Å². The van der Waals surface area contributed by atoms with Crippen LogP contribution in [0.15, 0.2) is 12.3 Å². The number of carbonyl (C=O) groups is 1. The number of amides is 1. The maximum atomic E-state index is 11.4. The molecule has 0 heterocycles. The molecule has 1 unspecified atom stereocenters. The topological polar surface area (TPSA) is 58.6 Å². The molecule has 0 aromatic rings. The molecular formula is C11H21NO3S. The molecule has 0 aliphatic carbocycles. The van der Waals surface area contributed by atoms with Gasteiger partial charge in [-0.05, 0) is 26.5 Å². The summed E-state index contributed by atoms with van der Waals surface area (Å²) < 4.78 is 5.09. The first-order valence-corrected chi connectivity index (χ1v) is 6.36. The van der Waals surface area contributed by atoms with E-state index in [0.29, 0.717) is 5.75 Å². The van der Waals surface area contributed by atoms with Crippen LogP contribution in [0.1, 0.15) is 27.7 Å². The third-order valence-electron chi connectivity index (χ3n) is 1.58. The molecule has 1 amide bonds. The SMILES string of the molecule is C=C(O)C(CSCC)NC(=O)OC(C)(C)C. The lowest BCUT2D eigenvalue weighted by Gasteiger charge is -2.23. The fraction of sp³-hybridized carbons (Fsp3) is 0.727. The summed E-state index contributed by atoms with van der Waals surface area (Å²) in [5.74, 6) is 1.46. The minimum Gasteiger partial charge on any atom is -0.511 e. The summed E-state index contributed by atoms with van der Waals surface area (Å²) in [5.41, 5.74) is -0.538. The molecule has 1 atom stereocenters. The Balaban J connectivity index is 4.19. The van der Waals surface area contributed by atoms with Gasteiger partial charge < -0.3 is 15.2 Å². The van der Waals surface area contributed by atoms with Gasteiger partial charge >= 0.3 is 6.09 Å². The number of aliphatic hydroxyl groups excluding tert-OH is 1. The molecule has 4 nitrogen and oxygen atoms in total. The standard InChI is InChI=1S/C11H21NO3S/c1-6-16-7-9(8(2)13)12-10(14)15-11(3,4)5/h9,13H,2,6-7H2,1,3-5H3,(H,12,14). The molecule has 16 heavy (non-hydrogen) atoms. The quantitative estimate of drug-likeness (QED) is 0.733. The Hall–Kier alpha value is -0.840. The second kappa shape index (κ2) is 6.68. The molecule has 0 aliphatic heterocycles. The van der Waals surface area contributed by atoms with Crippen LogP contribution in [0.3, 0.4) is 0 Å². The summed E-state index contributed by atoms with van der Waals surface area (Å²) in [7, 11) is 0. The molecule has 0 radical (unpaired) electrons. The average molecular weight is 247 g/mol. The van der Waals surface area contributed by atoms with Crippen molar-refractivity contribution in [2.24, 2.45) is 0 Å². The lowest BCUT2D eigenvalue weighted by Crippen LogP contribution is -2.41. The normalized spacial score (nSPS) is 13.0. The third-order valence-corrected chi connectivity index (χ3v) is 2.56. The fourth-order valence-electron chi connectivity index (χ4n) is 0.907. The van der Waals surface area contributed by atoms with E-state index in [-0.39, 0.29) is 5.76 Å². The van der Waals surface area contributed by atoms with Gasteiger partial charge in [0.05, 0.1) is 6.04 Å². The second-order valence-corrected chi connectivity index (χ2v) is 5.67. The lowest BCUT2D eigenvalue weighted by molar-refractivity contribution is 0.0507. The van der Waals surface area contributed by atoms with E-state index in [9.17, 15) is 9.90 Å². The van der Waals surface area contributed by atoms with Crippen LogP contribution in [0.25, 0.3) is 0 Å². The Morgan fingerprint density at radius 1 is 1.56 bits per heavy atom. The van der Waals surface area contributed by atoms with Crippen LogP contribution >= 0.6 is 11.8 Å². The number of rotatable bonds is 5. The average Bonchev–Trinajstić information content (AvgIpc) is 2.08. The first-order valence-electron chi connectivity index (χ1n) is 5.21. The maximum absolute atomic E-state index is 11.4. The highest BCUT2D eigenvalue weighted by molar-refractivity contribution is 7.99. The Kier molecular flexibility index (Phi) is 6.33. The highest BCUT2D eigenvalue weighted by Gasteiger charge is 2.20. The number of nitrogens with one attached hydrogen (secondary N) is 1. The van der Waals surface area contributed by atoms with Crippen molar-refractivity contribution >= 4 is 17.9 Å². The molecular weight excluding hydrogens is 226 g/mol. The van der Waals surface area contributed by atoms with E-state index in [1.165, 1.54) is 0 Å². The largest absolute Gasteiger partial charge is 0.511 e. The number of thioether (sulfide) groups is 1. The summed E-state index contributed by atoms with van der Waals surface area (Å²) in [6, 6.07) is -0.459. The molecule has 0 saturated heterocycles. The third kappa shape index (κ3) is 7.45. The van der Waals surface area contributed by atoms with Gasteiger partial charge in [-0.2, -0.15) is 11.8 Å². The minimum absolute atomic E-state index is 0.0493. The number of carbonyl (C=O) groups excluding carboxylic acids is 1. The molecule has 0 aliphatic rings. The molecule has 5 heteroatoms. The molecule has 0 fully saturated rings. The zero-order valence-corrected chi connectivity index (χ0v) is 11.2. The predicted molar refractivity (Wildman–Crippen MR) is 67.9 cm³/mol. The molecule has 0 aromatic carbocycles. The van der Waals surface area contributed by atoms with E-state index < -0.39 is 17.7 Å². The fourth-order valence-corrected chi connectivity index (χ4v) is 1.65. The van der Waals surface area contributed by atoms with Gasteiger partial charge in [0.25, 0.3) is 0 Å². The van der Waals surface area contributed by atoms with E-state index in [1.54, 1.807) is 32.5 Å². The van der Waals surface area contributed by atoms with E-state index in [0.717, 1.165) is 5.75 Å². The Labute approximate surface area is 101 Å². The van der Waals surface area contributed by atoms with Crippen LogP contribution in [0.2, 0.25) is 0 Å². The molecule has 94 valence electrons. The van der Waals surface area contributed by atoms with Crippen molar-refractivity contribution in [2.75, 3.05) is 11.5 Å². The van der Waals surface area contributed by atoms with Gasteiger partial charge in [-0.25, -0.2) is 4.79 Å². The smallest absolute Gasteiger partial charge is 0.408 e. The number of hydrogen-bond acceptors (Lipinski definition) is 4. The van der Waals surface area contributed by atoms with Gasteiger partial charge in [0.1, 0.15) is 11.4 Å². The Morgan fingerprint density at radius 3 is 2.50 bits per heavy atom. The van der Waals surface area contributed by atoms with E-state index in [1.807, 2.05) is 6.92 Å². The Morgan fingerprint density at radius 2 is 2.12 bits per heavy atom. The highest BCUT2D eigenvalue weighted by atomic mass is 32.2. The van der Waals surface area contributed by atoms with E-state index in [4.69, 9.17) is 4.74 Å². The number of aliphatic hydroxyl groups is 1. The summed E-state index contributed by atoms with van der Waals surface area (Å²) in [6.07, 6.45) is -0.538. The second-order valence-electron chi connectivity index (χ2n) is 4.35. The van der Waals surface area contributed by atoms with Crippen LogP contribution < -0.4 is 5.32 Å². The van der Waals surface area contributed by atoms with Crippen LogP contribution in [0.4, 0.5) is 4.79 Å². The van der Waals surface area contributed by atoms with Crippen molar-refractivity contribution in [2.45, 2.75) is 39.3 Å². The van der Waals surface area contributed by atoms with Gasteiger partial charge in [-0.1, -0.05) is 13.5 Å². The molecule has 0 bridgehead atoms. The summed E-state index contributed by atoms with van der Waals surface area (Å²) in [6.45, 7) is 10.8. The van der Waals surface area contributed by atoms with Crippen LogP contribution in [-0.2, 0) is 4.74 Å². The van der Waals surface area contributed by atoms with Crippen molar-refractivity contribution < 1.29 is 14.6 Å². The summed E-state index contributed by atoms with van der Waals surface area (Å²) in [4.78, 5) is 11.4. The molecule has 0 rings (SSSR count). The van der Waals surface area contributed by atoms with Gasteiger partial charge in [-0.15, -0.1) is 0 Å². The lowest BCUT2D eigenvalue weighted by atomic mass is 10.2. The van der Waals surface area contributed by atoms with Crippen molar-refractivity contribution in [3.05, 3.63) is 12.3 Å². The van der Waals surface area contributed by atoms with Crippen molar-refractivity contribution in [3.63, 3.8) is 0 Å². The molecule has 2 N–H and O–H groups in total. The number of ether oxygens (including phenoxy) is 1. The van der Waals surface area contributed by atoms with Gasteiger partial charge in [0.2, 0.25) is 0 Å². The number of hydrogen-bond donors (Lipinski definition) is 2. The minimum atomic E-state index is -0.538. The first-order chi connectivity index (χ1) is 7.26. The van der Waals surface area contributed by atoms with Crippen LogP contribution in [0, 0.1) is 0 Å². The van der Waals surface area contributed by atoms with E-state index in [2.05, 4.69) is 11.9 Å². The van der Waals surface area contributed by atoms with Gasteiger partial charge in [0.15, 0.2) is 0 Å². The maximum Gasteiger partial charge on any atom is 0.408 e. The first kappa shape index (κ1) is 15.2. The van der Waals surface area contributed by atoms with E-state index >= 15 is 0 Å². The van der Waals surface area contributed by atoms with Crippen LogP contribution in [0.5, 0.6) is 0 Å². The summed E-state index contributed by atoms with van der Waals surface area (Å²) in [5, 5.41) is 11.9. The van der Waals surface area contributed by atoms with Gasteiger partial charge in [-0.3, -0.25) is 0 Å². The predicted octanol–water partition coefficient (Wildman–Crippen LogP) is 2.70. The van der Waals surface area contributed by atoms with Crippen molar-refractivity contribution in [1.29, 1.82) is 0 Å². The zero-order chi connectivity index (χ0) is 12.8. The highest BCUT2D eigenvalue weighted by Crippen LogP contribution is 2.10. The molecule has 0 aromatic heterocycles. The summed E-state index contributed by atoms with van der Waals surface area (Å²) >= 11 is 1.61. The zero-order valence-electron chi connectivity index (χ0n) is 10.4. The molecule has 0 saturated carbocycles. The number of alkyl carbamates (subject to hydrolysis) is 1. The molecule has 0 spiro atoms. The van der Waals surface area contributed by atoms with Crippen molar-refractivity contribution in [1.82, 2.24) is 5.32 Å². The Bertz CT molecular complexity index is 248.